The molecule has 0 heteroatoms. The van der Waals surface area contributed by atoms with E-state index < -0.39 is 0 Å². The van der Waals surface area contributed by atoms with Crippen molar-refractivity contribution in [2.75, 3.05) is 0 Å². The van der Waals surface area contributed by atoms with Gasteiger partial charge in [0.05, 0.1) is 0 Å². The SMILES string of the molecule is C1=C\CCCCCCCCC/C=C\CCCCCCCCC/1. The van der Waals surface area contributed by atoms with E-state index in [1.54, 1.807) is 0 Å². The maximum absolute atomic E-state index is 2.43. The van der Waals surface area contributed by atoms with Crippen LogP contribution in [0.4, 0.5) is 0 Å². The average molecular weight is 305 g/mol. The summed E-state index contributed by atoms with van der Waals surface area (Å²) >= 11 is 0. The monoisotopic (exact) mass is 304 g/mol. The molecule has 0 atom stereocenters. The van der Waals surface area contributed by atoms with Gasteiger partial charge in [0.15, 0.2) is 0 Å². The van der Waals surface area contributed by atoms with E-state index in [0.29, 0.717) is 0 Å². The van der Waals surface area contributed by atoms with Gasteiger partial charge in [-0.05, 0) is 51.4 Å². The first-order valence-corrected chi connectivity index (χ1v) is 10.3. The van der Waals surface area contributed by atoms with Gasteiger partial charge < -0.3 is 0 Å². The lowest BCUT2D eigenvalue weighted by atomic mass is 10.0. The standard InChI is InChI=1S/C22H40/c1-2-4-6-8-10-12-14-16-18-20-22-21-19-17-15-13-11-9-7-5-3-1/h1-2,21-22H,3-20H2/b2-1-,22-21-. The molecule has 0 aromatic rings. The molecule has 0 saturated carbocycles. The smallest absolute Gasteiger partial charge is 0.0351 e. The number of hydrogen-bond acceptors (Lipinski definition) is 0. The van der Waals surface area contributed by atoms with E-state index in [1.165, 1.54) is 116 Å². The molecule has 0 saturated heterocycles. The van der Waals surface area contributed by atoms with Gasteiger partial charge >= 0.3 is 0 Å². The fourth-order valence-corrected chi connectivity index (χ4v) is 3.29. The Kier molecular flexibility index (Phi) is 15.0. The van der Waals surface area contributed by atoms with Crippen molar-refractivity contribution in [1.29, 1.82) is 0 Å². The molecule has 0 aliphatic heterocycles. The zero-order valence-electron chi connectivity index (χ0n) is 15.0. The van der Waals surface area contributed by atoms with Gasteiger partial charge in [0.2, 0.25) is 0 Å². The predicted octanol–water partition coefficient (Wildman–Crippen LogP) is 8.13. The maximum Gasteiger partial charge on any atom is -0.0351 e. The molecule has 128 valence electrons. The van der Waals surface area contributed by atoms with E-state index in [9.17, 15) is 0 Å². The van der Waals surface area contributed by atoms with E-state index in [4.69, 9.17) is 0 Å². The molecule has 0 unspecified atom stereocenters. The van der Waals surface area contributed by atoms with Gasteiger partial charge in [0.1, 0.15) is 0 Å². The molecule has 0 N–H and O–H groups in total. The molecule has 0 spiro atoms. The lowest BCUT2D eigenvalue weighted by Crippen LogP contribution is -1.82. The summed E-state index contributed by atoms with van der Waals surface area (Å²) in [5.74, 6) is 0. The van der Waals surface area contributed by atoms with Crippen LogP contribution >= 0.6 is 0 Å². The van der Waals surface area contributed by atoms with Crippen molar-refractivity contribution in [2.24, 2.45) is 0 Å². The lowest BCUT2D eigenvalue weighted by Gasteiger charge is -2.02. The van der Waals surface area contributed by atoms with Crippen LogP contribution in [-0.4, -0.2) is 0 Å². The second kappa shape index (κ2) is 16.8. The van der Waals surface area contributed by atoms with Crippen molar-refractivity contribution in [3.8, 4) is 0 Å². The van der Waals surface area contributed by atoms with Crippen LogP contribution in [0.15, 0.2) is 24.3 Å². The Labute approximate surface area is 140 Å². The molecule has 1 rings (SSSR count). The van der Waals surface area contributed by atoms with Crippen LogP contribution in [0.1, 0.15) is 116 Å². The fraction of sp³-hybridized carbons (Fsp3) is 0.818. The van der Waals surface area contributed by atoms with Crippen molar-refractivity contribution in [2.45, 2.75) is 116 Å². The summed E-state index contributed by atoms with van der Waals surface area (Å²) in [6.07, 6.45) is 35.0. The highest BCUT2D eigenvalue weighted by Gasteiger charge is 1.93. The van der Waals surface area contributed by atoms with Gasteiger partial charge in [-0.25, -0.2) is 0 Å². The van der Waals surface area contributed by atoms with Gasteiger partial charge in [-0.1, -0.05) is 88.5 Å². The van der Waals surface area contributed by atoms with Crippen LogP contribution in [0.2, 0.25) is 0 Å². The average Bonchev–Trinajstić information content (AvgIpc) is 2.53. The largest absolute Gasteiger partial charge is 0.0885 e. The molecule has 22 heavy (non-hydrogen) atoms. The third-order valence-electron chi connectivity index (χ3n) is 4.82. The quantitative estimate of drug-likeness (QED) is 0.396. The Balaban J connectivity index is 2.10. The highest BCUT2D eigenvalue weighted by Crippen LogP contribution is 2.13. The molecule has 0 radical (unpaired) electrons. The zero-order valence-corrected chi connectivity index (χ0v) is 15.0. The number of hydrogen-bond donors (Lipinski definition) is 0. The highest BCUT2D eigenvalue weighted by molar-refractivity contribution is 4.82. The minimum absolute atomic E-state index is 1.31. The summed E-state index contributed by atoms with van der Waals surface area (Å²) in [4.78, 5) is 0. The lowest BCUT2D eigenvalue weighted by molar-refractivity contribution is 0.578. The molecule has 1 aliphatic rings. The van der Waals surface area contributed by atoms with Crippen molar-refractivity contribution < 1.29 is 0 Å². The fourth-order valence-electron chi connectivity index (χ4n) is 3.29. The van der Waals surface area contributed by atoms with E-state index in [1.807, 2.05) is 0 Å². The first-order valence-electron chi connectivity index (χ1n) is 10.3. The minimum atomic E-state index is 1.31. The normalized spacial score (nSPS) is 25.5. The summed E-state index contributed by atoms with van der Waals surface area (Å²) in [5.41, 5.74) is 0. The molecule has 0 aromatic carbocycles. The van der Waals surface area contributed by atoms with E-state index >= 15 is 0 Å². The van der Waals surface area contributed by atoms with Crippen LogP contribution in [0.25, 0.3) is 0 Å². The van der Waals surface area contributed by atoms with Gasteiger partial charge in [0, 0.05) is 0 Å². The van der Waals surface area contributed by atoms with Crippen molar-refractivity contribution in [3.63, 3.8) is 0 Å². The van der Waals surface area contributed by atoms with Crippen molar-refractivity contribution in [3.05, 3.63) is 24.3 Å². The molecule has 0 heterocycles. The third kappa shape index (κ3) is 14.4. The topological polar surface area (TPSA) is 0 Å². The summed E-state index contributed by atoms with van der Waals surface area (Å²) in [7, 11) is 0. The Morgan fingerprint density at radius 2 is 0.409 bits per heavy atom. The van der Waals surface area contributed by atoms with E-state index in [2.05, 4.69) is 24.3 Å². The summed E-state index contributed by atoms with van der Waals surface area (Å²) in [6, 6.07) is 0. The van der Waals surface area contributed by atoms with Crippen LogP contribution in [0, 0.1) is 0 Å². The Morgan fingerprint density at radius 3 is 0.636 bits per heavy atom. The molecule has 0 aromatic heterocycles. The van der Waals surface area contributed by atoms with Gasteiger partial charge in [-0.15, -0.1) is 0 Å². The number of allylic oxidation sites excluding steroid dienone is 4. The Bertz CT molecular complexity index is 209. The van der Waals surface area contributed by atoms with Crippen LogP contribution < -0.4 is 0 Å². The Hall–Kier alpha value is -0.520. The molecular formula is C22H40. The molecule has 0 amide bonds. The van der Waals surface area contributed by atoms with Crippen molar-refractivity contribution in [1.82, 2.24) is 0 Å². The van der Waals surface area contributed by atoms with Gasteiger partial charge in [-0.2, -0.15) is 0 Å². The zero-order chi connectivity index (χ0) is 15.6. The first kappa shape index (κ1) is 19.5. The molecule has 1 aliphatic carbocycles. The second-order valence-electron chi connectivity index (χ2n) is 7.05. The molecule has 0 bridgehead atoms. The van der Waals surface area contributed by atoms with Gasteiger partial charge in [0.25, 0.3) is 0 Å². The van der Waals surface area contributed by atoms with Crippen LogP contribution in [0.5, 0.6) is 0 Å². The first-order chi connectivity index (χ1) is 11.0. The van der Waals surface area contributed by atoms with Crippen LogP contribution in [0.3, 0.4) is 0 Å². The second-order valence-corrected chi connectivity index (χ2v) is 7.05. The summed E-state index contributed by atoms with van der Waals surface area (Å²) in [6.45, 7) is 0. The molecule has 0 fully saturated rings. The van der Waals surface area contributed by atoms with E-state index in [-0.39, 0.29) is 0 Å². The minimum Gasteiger partial charge on any atom is -0.0885 e. The van der Waals surface area contributed by atoms with Crippen molar-refractivity contribution >= 4 is 0 Å². The maximum atomic E-state index is 2.43. The molecular weight excluding hydrogens is 264 g/mol. The molecule has 0 nitrogen and oxygen atoms in total. The summed E-state index contributed by atoms with van der Waals surface area (Å²) in [5, 5.41) is 0. The Morgan fingerprint density at radius 1 is 0.227 bits per heavy atom. The number of rotatable bonds is 0. The predicted molar refractivity (Wildman–Crippen MR) is 101 cm³/mol. The third-order valence-corrected chi connectivity index (χ3v) is 4.82. The highest BCUT2D eigenvalue weighted by atomic mass is 14.0. The summed E-state index contributed by atoms with van der Waals surface area (Å²) < 4.78 is 0. The van der Waals surface area contributed by atoms with Gasteiger partial charge in [-0.3, -0.25) is 0 Å². The van der Waals surface area contributed by atoms with E-state index in [0.717, 1.165) is 0 Å². The van der Waals surface area contributed by atoms with Crippen LogP contribution in [-0.2, 0) is 0 Å².